The molecule has 0 unspecified atom stereocenters. The number of benzene rings is 1. The summed E-state index contributed by atoms with van der Waals surface area (Å²) in [7, 11) is 0. The quantitative estimate of drug-likeness (QED) is 0.756. The molecular formula is C13H18F2N2OS. The van der Waals surface area contributed by atoms with Crippen LogP contribution in [-0.4, -0.2) is 24.3 Å². The number of halogens is 2. The van der Waals surface area contributed by atoms with Crippen LogP contribution >= 0.6 is 11.8 Å². The molecule has 106 valence electrons. The van der Waals surface area contributed by atoms with Crippen molar-refractivity contribution in [3.63, 3.8) is 0 Å². The molecule has 0 saturated carbocycles. The van der Waals surface area contributed by atoms with Crippen LogP contribution in [0.25, 0.3) is 0 Å². The maximum absolute atomic E-state index is 12.4. The third-order valence-electron chi connectivity index (χ3n) is 2.22. The fraction of sp³-hybridized carbons (Fsp3) is 0.462. The molecule has 1 amide bonds. The molecule has 0 saturated heterocycles. The number of nitrogens with one attached hydrogen (secondary N) is 2. The van der Waals surface area contributed by atoms with E-state index in [9.17, 15) is 13.6 Å². The smallest absolute Gasteiger partial charge is 0.288 e. The van der Waals surface area contributed by atoms with Crippen LogP contribution in [0.15, 0.2) is 29.2 Å². The van der Waals surface area contributed by atoms with Gasteiger partial charge in [0.1, 0.15) is 0 Å². The second-order valence-electron chi connectivity index (χ2n) is 4.27. The minimum atomic E-state index is -2.45. The summed E-state index contributed by atoms with van der Waals surface area (Å²) in [6.45, 7) is 4.19. The van der Waals surface area contributed by atoms with Crippen LogP contribution in [0.4, 0.5) is 14.5 Å². The lowest BCUT2D eigenvalue weighted by Gasteiger charge is -2.12. The van der Waals surface area contributed by atoms with Crippen LogP contribution in [0, 0.1) is 0 Å². The molecule has 0 aliphatic rings. The standard InChI is InChI=1S/C13H18F2N2OS/c1-9(2)17-12(18)7-8-16-10-5-3-4-6-11(10)19-13(14)15/h3-6,9,13,16H,7-8H2,1-2H3,(H,17,18). The van der Waals surface area contributed by atoms with E-state index in [2.05, 4.69) is 10.6 Å². The first-order valence-corrected chi connectivity index (χ1v) is 6.94. The average molecular weight is 288 g/mol. The van der Waals surface area contributed by atoms with Crippen molar-refractivity contribution in [2.75, 3.05) is 11.9 Å². The van der Waals surface area contributed by atoms with Gasteiger partial charge in [0.25, 0.3) is 5.76 Å². The maximum Gasteiger partial charge on any atom is 0.288 e. The van der Waals surface area contributed by atoms with Crippen LogP contribution in [0.1, 0.15) is 20.3 Å². The second-order valence-corrected chi connectivity index (χ2v) is 5.31. The number of amides is 1. The van der Waals surface area contributed by atoms with Gasteiger partial charge in [-0.3, -0.25) is 4.79 Å². The van der Waals surface area contributed by atoms with E-state index in [0.717, 1.165) is 0 Å². The number of rotatable bonds is 7. The summed E-state index contributed by atoms with van der Waals surface area (Å²) >= 11 is 0.498. The maximum atomic E-state index is 12.4. The van der Waals surface area contributed by atoms with Gasteiger partial charge in [0.2, 0.25) is 5.91 Å². The number of para-hydroxylation sites is 1. The minimum Gasteiger partial charge on any atom is -0.384 e. The summed E-state index contributed by atoms with van der Waals surface area (Å²) in [5.74, 6) is -2.51. The van der Waals surface area contributed by atoms with Gasteiger partial charge >= 0.3 is 0 Å². The molecule has 0 atom stereocenters. The van der Waals surface area contributed by atoms with Gasteiger partial charge in [-0.1, -0.05) is 23.9 Å². The molecule has 0 aliphatic carbocycles. The van der Waals surface area contributed by atoms with Gasteiger partial charge in [-0.25, -0.2) is 0 Å². The molecular weight excluding hydrogens is 270 g/mol. The Morgan fingerprint density at radius 1 is 1.32 bits per heavy atom. The highest BCUT2D eigenvalue weighted by atomic mass is 32.2. The fourth-order valence-electron chi connectivity index (χ4n) is 1.52. The van der Waals surface area contributed by atoms with Gasteiger partial charge in [0.05, 0.1) is 0 Å². The van der Waals surface area contributed by atoms with Crippen molar-refractivity contribution in [3.05, 3.63) is 24.3 Å². The highest BCUT2D eigenvalue weighted by Gasteiger charge is 2.09. The largest absolute Gasteiger partial charge is 0.384 e. The highest BCUT2D eigenvalue weighted by Crippen LogP contribution is 2.31. The van der Waals surface area contributed by atoms with Crippen LogP contribution in [-0.2, 0) is 4.79 Å². The molecule has 3 nitrogen and oxygen atoms in total. The lowest BCUT2D eigenvalue weighted by Crippen LogP contribution is -2.31. The van der Waals surface area contributed by atoms with E-state index in [1.807, 2.05) is 13.8 Å². The first kappa shape index (κ1) is 15.8. The van der Waals surface area contributed by atoms with E-state index >= 15 is 0 Å². The zero-order chi connectivity index (χ0) is 14.3. The van der Waals surface area contributed by atoms with Crippen molar-refractivity contribution in [2.24, 2.45) is 0 Å². The van der Waals surface area contributed by atoms with E-state index in [4.69, 9.17) is 0 Å². The van der Waals surface area contributed by atoms with Gasteiger partial charge < -0.3 is 10.6 Å². The molecule has 1 aromatic rings. The number of hydrogen-bond acceptors (Lipinski definition) is 3. The number of thioether (sulfide) groups is 1. The van der Waals surface area contributed by atoms with Crippen LogP contribution in [0.5, 0.6) is 0 Å². The Kier molecular flexibility index (Phi) is 6.62. The molecule has 2 N–H and O–H groups in total. The monoisotopic (exact) mass is 288 g/mol. The molecule has 0 aliphatic heterocycles. The van der Waals surface area contributed by atoms with Gasteiger partial charge in [-0.15, -0.1) is 0 Å². The van der Waals surface area contributed by atoms with Crippen LogP contribution < -0.4 is 10.6 Å². The third kappa shape index (κ3) is 6.42. The lowest BCUT2D eigenvalue weighted by molar-refractivity contribution is -0.121. The number of hydrogen-bond donors (Lipinski definition) is 2. The first-order chi connectivity index (χ1) is 8.99. The zero-order valence-electron chi connectivity index (χ0n) is 11.0. The van der Waals surface area contributed by atoms with Crippen molar-refractivity contribution < 1.29 is 13.6 Å². The molecule has 1 rings (SSSR count). The van der Waals surface area contributed by atoms with E-state index in [0.29, 0.717) is 35.3 Å². The molecule has 0 radical (unpaired) electrons. The predicted octanol–water partition coefficient (Wildman–Crippen LogP) is 3.33. The second kappa shape index (κ2) is 7.99. The highest BCUT2D eigenvalue weighted by molar-refractivity contribution is 7.99. The lowest BCUT2D eigenvalue weighted by atomic mass is 10.3. The van der Waals surface area contributed by atoms with E-state index in [-0.39, 0.29) is 11.9 Å². The molecule has 0 fully saturated rings. The van der Waals surface area contributed by atoms with Gasteiger partial charge in [0, 0.05) is 29.6 Å². The van der Waals surface area contributed by atoms with E-state index in [1.165, 1.54) is 0 Å². The zero-order valence-corrected chi connectivity index (χ0v) is 11.8. The summed E-state index contributed by atoms with van der Waals surface area (Å²) in [4.78, 5) is 11.9. The number of alkyl halides is 2. The Morgan fingerprint density at radius 3 is 2.63 bits per heavy atom. The topological polar surface area (TPSA) is 41.1 Å². The first-order valence-electron chi connectivity index (χ1n) is 6.06. The summed E-state index contributed by atoms with van der Waals surface area (Å²) in [6.07, 6.45) is 0.311. The third-order valence-corrected chi connectivity index (χ3v) is 3.01. The Hall–Kier alpha value is -1.30. The molecule has 0 spiro atoms. The van der Waals surface area contributed by atoms with Crippen molar-refractivity contribution in [3.8, 4) is 0 Å². The summed E-state index contributed by atoms with van der Waals surface area (Å²) in [5, 5.41) is 5.78. The van der Waals surface area contributed by atoms with Crippen molar-refractivity contribution >= 4 is 23.4 Å². The van der Waals surface area contributed by atoms with Crippen molar-refractivity contribution in [1.29, 1.82) is 0 Å². The van der Waals surface area contributed by atoms with Crippen LogP contribution in [0.3, 0.4) is 0 Å². The predicted molar refractivity (Wildman–Crippen MR) is 74.7 cm³/mol. The minimum absolute atomic E-state index is 0.0542. The Balaban J connectivity index is 2.46. The van der Waals surface area contributed by atoms with Crippen molar-refractivity contribution in [1.82, 2.24) is 5.32 Å². The number of anilines is 1. The Labute approximate surface area is 116 Å². The van der Waals surface area contributed by atoms with Gasteiger partial charge in [-0.05, 0) is 26.0 Å². The molecule has 0 aromatic heterocycles. The van der Waals surface area contributed by atoms with E-state index < -0.39 is 5.76 Å². The summed E-state index contributed by atoms with van der Waals surface area (Å²) in [5.41, 5.74) is 0.630. The number of carbonyl (C=O) groups excluding carboxylic acids is 1. The Bertz CT molecular complexity index is 413. The van der Waals surface area contributed by atoms with Gasteiger partial charge in [-0.2, -0.15) is 8.78 Å². The summed E-state index contributed by atoms with van der Waals surface area (Å²) < 4.78 is 24.7. The Morgan fingerprint density at radius 2 is 2.00 bits per heavy atom. The fourth-order valence-corrected chi connectivity index (χ4v) is 2.13. The molecule has 0 bridgehead atoms. The van der Waals surface area contributed by atoms with Gasteiger partial charge in [0.15, 0.2) is 0 Å². The van der Waals surface area contributed by atoms with Crippen LogP contribution in [0.2, 0.25) is 0 Å². The molecule has 6 heteroatoms. The average Bonchev–Trinajstić information content (AvgIpc) is 2.29. The molecule has 0 heterocycles. The van der Waals surface area contributed by atoms with Crippen molar-refractivity contribution in [2.45, 2.75) is 37.0 Å². The molecule has 1 aromatic carbocycles. The number of carbonyl (C=O) groups is 1. The van der Waals surface area contributed by atoms with E-state index in [1.54, 1.807) is 24.3 Å². The summed E-state index contributed by atoms with van der Waals surface area (Å²) in [6, 6.07) is 6.94. The normalized spacial score (nSPS) is 10.8. The SMILES string of the molecule is CC(C)NC(=O)CCNc1ccccc1SC(F)F. The molecule has 19 heavy (non-hydrogen) atoms.